The van der Waals surface area contributed by atoms with Gasteiger partial charge in [-0.15, -0.1) is 0 Å². The van der Waals surface area contributed by atoms with E-state index in [9.17, 15) is 4.79 Å². The fraction of sp³-hybridized carbons (Fsp3) is 0.273. The second-order valence-electron chi connectivity index (χ2n) is 3.46. The third-order valence-electron chi connectivity index (χ3n) is 2.23. The van der Waals surface area contributed by atoms with E-state index in [2.05, 4.69) is 37.2 Å². The highest BCUT2D eigenvalue weighted by Crippen LogP contribution is 2.21. The molecule has 0 saturated carbocycles. The van der Waals surface area contributed by atoms with Crippen molar-refractivity contribution in [2.75, 3.05) is 0 Å². The van der Waals surface area contributed by atoms with Crippen LogP contribution in [0.25, 0.3) is 0 Å². The van der Waals surface area contributed by atoms with Crippen molar-refractivity contribution in [1.82, 2.24) is 5.32 Å². The molecule has 6 heteroatoms. The number of hydrogen-bond acceptors (Lipinski definition) is 2. The predicted molar refractivity (Wildman–Crippen MR) is 80.2 cm³/mol. The largest absolute Gasteiger partial charge is 0.392 e. The second kappa shape index (κ2) is 6.47. The number of nitrogens with two attached hydrogens (primary N) is 1. The van der Waals surface area contributed by atoms with E-state index in [1.54, 1.807) is 12.1 Å². The van der Waals surface area contributed by atoms with Crippen molar-refractivity contribution in [2.24, 2.45) is 5.73 Å². The summed E-state index contributed by atoms with van der Waals surface area (Å²) in [7, 11) is 0. The van der Waals surface area contributed by atoms with E-state index in [0.29, 0.717) is 17.0 Å². The first-order valence-electron chi connectivity index (χ1n) is 5.01. The molecular formula is C11H12Br2N2OS. The lowest BCUT2D eigenvalue weighted by molar-refractivity contribution is 0.0945. The molecule has 3 N–H and O–H groups in total. The minimum Gasteiger partial charge on any atom is -0.392 e. The molecule has 1 amide bonds. The first kappa shape index (κ1) is 14.6. The summed E-state index contributed by atoms with van der Waals surface area (Å²) >= 11 is 11.5. The molecule has 0 heterocycles. The summed E-state index contributed by atoms with van der Waals surface area (Å²) in [5.41, 5.74) is 6.09. The number of carbonyl (C=O) groups excluding carboxylic acids is 1. The van der Waals surface area contributed by atoms with Gasteiger partial charge in [-0.25, -0.2) is 0 Å². The first-order valence-corrected chi connectivity index (χ1v) is 7.00. The van der Waals surface area contributed by atoms with Gasteiger partial charge in [0, 0.05) is 8.95 Å². The van der Waals surface area contributed by atoms with Gasteiger partial charge in [-0.05, 0) is 40.5 Å². The molecule has 0 aliphatic heterocycles. The minimum atomic E-state index is -0.275. The number of nitrogens with one attached hydrogen (secondary N) is 1. The van der Waals surface area contributed by atoms with Gasteiger partial charge in [0.25, 0.3) is 5.91 Å². The maximum Gasteiger partial charge on any atom is 0.253 e. The van der Waals surface area contributed by atoms with Gasteiger partial charge in [-0.3, -0.25) is 4.79 Å². The maximum atomic E-state index is 12.0. The number of thiocarbonyl (C=S) groups is 1. The Labute approximate surface area is 122 Å². The van der Waals surface area contributed by atoms with E-state index in [1.807, 2.05) is 13.0 Å². The molecule has 1 atom stereocenters. The zero-order valence-electron chi connectivity index (χ0n) is 9.17. The van der Waals surface area contributed by atoms with E-state index in [1.165, 1.54) is 0 Å². The summed E-state index contributed by atoms with van der Waals surface area (Å²) in [6, 6.07) is 5.13. The summed E-state index contributed by atoms with van der Waals surface area (Å²) < 4.78 is 1.57. The van der Waals surface area contributed by atoms with Crippen molar-refractivity contribution in [3.8, 4) is 0 Å². The van der Waals surface area contributed by atoms with Crippen LogP contribution in [0.5, 0.6) is 0 Å². The van der Waals surface area contributed by atoms with E-state index in [-0.39, 0.29) is 11.9 Å². The highest BCUT2D eigenvalue weighted by atomic mass is 79.9. The Morgan fingerprint density at radius 1 is 1.53 bits per heavy atom. The lowest BCUT2D eigenvalue weighted by atomic mass is 10.1. The smallest absolute Gasteiger partial charge is 0.253 e. The number of carbonyl (C=O) groups is 1. The van der Waals surface area contributed by atoms with Gasteiger partial charge in [0.2, 0.25) is 0 Å². The van der Waals surface area contributed by atoms with Crippen molar-refractivity contribution in [3.63, 3.8) is 0 Å². The SMILES string of the molecule is CCC(NC(=O)c1cc(Br)ccc1Br)C(N)=S. The Morgan fingerprint density at radius 3 is 2.71 bits per heavy atom. The molecular weight excluding hydrogens is 368 g/mol. The molecule has 0 spiro atoms. The van der Waals surface area contributed by atoms with Crippen LogP contribution in [0.15, 0.2) is 27.1 Å². The highest BCUT2D eigenvalue weighted by molar-refractivity contribution is 9.11. The van der Waals surface area contributed by atoms with Gasteiger partial charge in [0.15, 0.2) is 0 Å². The standard InChI is InChI=1S/C11H12Br2N2OS/c1-2-9(10(14)17)15-11(16)7-5-6(12)3-4-8(7)13/h3-5,9H,2H2,1H3,(H2,14,17)(H,15,16). The lowest BCUT2D eigenvalue weighted by Crippen LogP contribution is -2.43. The molecule has 0 aliphatic carbocycles. The summed E-state index contributed by atoms with van der Waals surface area (Å²) in [5, 5.41) is 2.79. The van der Waals surface area contributed by atoms with Crippen LogP contribution in [0.1, 0.15) is 23.7 Å². The molecule has 0 aromatic heterocycles. The molecule has 92 valence electrons. The van der Waals surface area contributed by atoms with Gasteiger partial charge in [-0.1, -0.05) is 35.1 Å². The third-order valence-corrected chi connectivity index (χ3v) is 3.70. The van der Waals surface area contributed by atoms with Crippen molar-refractivity contribution in [1.29, 1.82) is 0 Å². The number of amides is 1. The summed E-state index contributed by atoms with van der Waals surface area (Å²) in [5.74, 6) is -0.196. The van der Waals surface area contributed by atoms with E-state index < -0.39 is 0 Å². The topological polar surface area (TPSA) is 55.1 Å². The predicted octanol–water partition coefficient (Wildman–Crippen LogP) is 3.01. The Balaban J connectivity index is 2.89. The van der Waals surface area contributed by atoms with Gasteiger partial charge in [0.05, 0.1) is 16.6 Å². The van der Waals surface area contributed by atoms with Gasteiger partial charge < -0.3 is 11.1 Å². The quantitative estimate of drug-likeness (QED) is 0.790. The zero-order valence-corrected chi connectivity index (χ0v) is 13.2. The average Bonchev–Trinajstić information content (AvgIpc) is 2.28. The van der Waals surface area contributed by atoms with Crippen LogP contribution < -0.4 is 11.1 Å². The number of rotatable bonds is 4. The Bertz CT molecular complexity index is 451. The number of benzene rings is 1. The van der Waals surface area contributed by atoms with Crippen LogP contribution in [-0.2, 0) is 0 Å². The normalized spacial score (nSPS) is 11.9. The van der Waals surface area contributed by atoms with Gasteiger partial charge in [0.1, 0.15) is 0 Å². The lowest BCUT2D eigenvalue weighted by Gasteiger charge is -2.16. The molecule has 1 aromatic rings. The van der Waals surface area contributed by atoms with Crippen LogP contribution in [0.3, 0.4) is 0 Å². The summed E-state index contributed by atoms with van der Waals surface area (Å²) in [4.78, 5) is 12.3. The summed E-state index contributed by atoms with van der Waals surface area (Å²) in [6.45, 7) is 1.92. The maximum absolute atomic E-state index is 12.0. The molecule has 1 aromatic carbocycles. The van der Waals surface area contributed by atoms with Crippen molar-refractivity contribution in [2.45, 2.75) is 19.4 Å². The van der Waals surface area contributed by atoms with Crippen molar-refractivity contribution >= 4 is 55.0 Å². The van der Waals surface area contributed by atoms with E-state index in [0.717, 1.165) is 8.95 Å². The zero-order chi connectivity index (χ0) is 13.0. The fourth-order valence-electron chi connectivity index (χ4n) is 1.28. The fourth-order valence-corrected chi connectivity index (χ4v) is 2.30. The molecule has 0 bridgehead atoms. The third kappa shape index (κ3) is 4.04. The van der Waals surface area contributed by atoms with Crippen LogP contribution in [0.2, 0.25) is 0 Å². The highest BCUT2D eigenvalue weighted by Gasteiger charge is 2.16. The van der Waals surface area contributed by atoms with E-state index in [4.69, 9.17) is 18.0 Å². The Hall–Kier alpha value is -0.460. The monoisotopic (exact) mass is 378 g/mol. The number of halogens is 2. The summed E-state index contributed by atoms with van der Waals surface area (Å²) in [6.07, 6.45) is 0.673. The average molecular weight is 380 g/mol. The van der Waals surface area contributed by atoms with Crippen LogP contribution in [-0.4, -0.2) is 16.9 Å². The second-order valence-corrected chi connectivity index (χ2v) is 5.70. The van der Waals surface area contributed by atoms with Crippen LogP contribution in [0.4, 0.5) is 0 Å². The Morgan fingerprint density at radius 2 is 2.18 bits per heavy atom. The van der Waals surface area contributed by atoms with Crippen LogP contribution >= 0.6 is 44.1 Å². The van der Waals surface area contributed by atoms with Crippen LogP contribution in [0, 0.1) is 0 Å². The van der Waals surface area contributed by atoms with Crippen molar-refractivity contribution in [3.05, 3.63) is 32.7 Å². The molecule has 0 saturated heterocycles. The first-order chi connectivity index (χ1) is 7.95. The molecule has 1 rings (SSSR count). The molecule has 0 aliphatic rings. The van der Waals surface area contributed by atoms with Crippen molar-refractivity contribution < 1.29 is 4.79 Å². The van der Waals surface area contributed by atoms with Gasteiger partial charge >= 0.3 is 0 Å². The molecule has 3 nitrogen and oxygen atoms in total. The molecule has 0 fully saturated rings. The number of hydrogen-bond donors (Lipinski definition) is 2. The van der Waals surface area contributed by atoms with Gasteiger partial charge in [-0.2, -0.15) is 0 Å². The van der Waals surface area contributed by atoms with E-state index >= 15 is 0 Å². The molecule has 17 heavy (non-hydrogen) atoms. The minimum absolute atomic E-state index is 0.196. The molecule has 1 unspecified atom stereocenters. The molecule has 0 radical (unpaired) electrons. The Kier molecular flexibility index (Phi) is 5.55.